The molecule has 0 aliphatic carbocycles. The molecule has 1 fully saturated rings. The fourth-order valence-corrected chi connectivity index (χ4v) is 5.03. The largest absolute Gasteiger partial charge is 0.397 e. The molecule has 1 saturated heterocycles. The molecule has 2 atom stereocenters. The number of hydrogen-bond acceptors (Lipinski definition) is 3. The maximum Gasteiger partial charge on any atom is 0.243 e. The maximum atomic E-state index is 12.8. The van der Waals surface area contributed by atoms with Crippen molar-refractivity contribution in [2.24, 2.45) is 11.8 Å². The van der Waals surface area contributed by atoms with Crippen LogP contribution < -0.4 is 5.73 Å². The van der Waals surface area contributed by atoms with Crippen LogP contribution in [-0.2, 0) is 10.0 Å². The zero-order valence-electron chi connectivity index (χ0n) is 12.1. The van der Waals surface area contributed by atoms with Crippen LogP contribution in [0.25, 0.3) is 0 Å². The number of rotatable bonds is 2. The second kappa shape index (κ2) is 5.54. The first-order valence-corrected chi connectivity index (χ1v) is 8.59. The van der Waals surface area contributed by atoms with Crippen molar-refractivity contribution in [2.75, 3.05) is 18.8 Å². The molecule has 1 aliphatic heterocycles. The normalized spacial score (nSPS) is 24.8. The lowest BCUT2D eigenvalue weighted by Crippen LogP contribution is -2.42. The molecule has 2 N–H and O–H groups in total. The molecule has 2 rings (SSSR count). The number of sulfonamides is 1. The summed E-state index contributed by atoms with van der Waals surface area (Å²) in [4.78, 5) is 0.265. The zero-order chi connectivity index (χ0) is 15.1. The van der Waals surface area contributed by atoms with Crippen LogP contribution in [-0.4, -0.2) is 25.8 Å². The molecule has 1 aliphatic rings. The fourth-order valence-electron chi connectivity index (χ4n) is 2.89. The molecule has 0 saturated carbocycles. The second-order valence-corrected chi connectivity index (χ2v) is 8.22. The summed E-state index contributed by atoms with van der Waals surface area (Å²) < 4.78 is 27.2. The number of halogens is 1. The number of benzene rings is 1. The molecule has 20 heavy (non-hydrogen) atoms. The van der Waals surface area contributed by atoms with Crippen LogP contribution in [0.5, 0.6) is 0 Å². The Balaban J connectivity index is 2.42. The number of anilines is 1. The summed E-state index contributed by atoms with van der Waals surface area (Å²) in [5.41, 5.74) is 6.69. The standard InChI is InChI=1S/C14H21ClN2O2S/c1-9-4-10(2)8-17(7-9)20(18,19)14-6-13(16)12(15)5-11(14)3/h5-6,9-10H,4,7-8,16H2,1-3H3. The summed E-state index contributed by atoms with van der Waals surface area (Å²) in [6, 6.07) is 3.08. The Morgan fingerprint density at radius 2 is 1.80 bits per heavy atom. The molecular weight excluding hydrogens is 296 g/mol. The lowest BCUT2D eigenvalue weighted by molar-refractivity contribution is 0.222. The van der Waals surface area contributed by atoms with Crippen LogP contribution in [0.15, 0.2) is 17.0 Å². The van der Waals surface area contributed by atoms with Crippen molar-refractivity contribution in [3.05, 3.63) is 22.7 Å². The molecule has 0 radical (unpaired) electrons. The SMILES string of the molecule is Cc1cc(Cl)c(N)cc1S(=O)(=O)N1CC(C)CC(C)C1. The third-order valence-electron chi connectivity index (χ3n) is 3.75. The van der Waals surface area contributed by atoms with Gasteiger partial charge in [0.2, 0.25) is 10.0 Å². The Hall–Kier alpha value is -0.780. The average Bonchev–Trinajstić information content (AvgIpc) is 2.32. The highest BCUT2D eigenvalue weighted by atomic mass is 35.5. The molecule has 0 spiro atoms. The van der Waals surface area contributed by atoms with E-state index < -0.39 is 10.0 Å². The van der Waals surface area contributed by atoms with Gasteiger partial charge in [0.1, 0.15) is 0 Å². The molecule has 0 bridgehead atoms. The summed E-state index contributed by atoms with van der Waals surface area (Å²) in [7, 11) is -3.50. The third-order valence-corrected chi connectivity index (χ3v) is 6.05. The van der Waals surface area contributed by atoms with Crippen molar-refractivity contribution in [3.63, 3.8) is 0 Å². The highest BCUT2D eigenvalue weighted by Crippen LogP contribution is 2.31. The zero-order valence-corrected chi connectivity index (χ0v) is 13.6. The molecule has 112 valence electrons. The monoisotopic (exact) mass is 316 g/mol. The van der Waals surface area contributed by atoms with E-state index in [9.17, 15) is 8.42 Å². The van der Waals surface area contributed by atoms with Gasteiger partial charge in [0.25, 0.3) is 0 Å². The fraction of sp³-hybridized carbons (Fsp3) is 0.571. The summed E-state index contributed by atoms with van der Waals surface area (Å²) in [5.74, 6) is 0.747. The highest BCUT2D eigenvalue weighted by Gasteiger charge is 2.32. The van der Waals surface area contributed by atoms with Crippen molar-refractivity contribution in [1.82, 2.24) is 4.31 Å². The van der Waals surface area contributed by atoms with Gasteiger partial charge in [-0.1, -0.05) is 25.4 Å². The van der Waals surface area contributed by atoms with E-state index in [-0.39, 0.29) is 4.90 Å². The molecule has 1 heterocycles. The first-order chi connectivity index (χ1) is 9.21. The van der Waals surface area contributed by atoms with Gasteiger partial charge in [0.15, 0.2) is 0 Å². The minimum Gasteiger partial charge on any atom is -0.397 e. The van der Waals surface area contributed by atoms with Gasteiger partial charge in [-0.3, -0.25) is 0 Å². The van der Waals surface area contributed by atoms with Crippen LogP contribution in [0.1, 0.15) is 25.8 Å². The number of nitrogens with zero attached hydrogens (tertiary/aromatic N) is 1. The van der Waals surface area contributed by atoms with Gasteiger partial charge in [-0.15, -0.1) is 0 Å². The third kappa shape index (κ3) is 2.95. The van der Waals surface area contributed by atoms with E-state index >= 15 is 0 Å². The van der Waals surface area contributed by atoms with Crippen molar-refractivity contribution in [2.45, 2.75) is 32.1 Å². The molecule has 1 aromatic carbocycles. The van der Waals surface area contributed by atoms with E-state index in [0.717, 1.165) is 6.42 Å². The van der Waals surface area contributed by atoms with Crippen LogP contribution in [0.2, 0.25) is 5.02 Å². The maximum absolute atomic E-state index is 12.8. The highest BCUT2D eigenvalue weighted by molar-refractivity contribution is 7.89. The number of hydrogen-bond donors (Lipinski definition) is 1. The van der Waals surface area contributed by atoms with Crippen LogP contribution in [0.4, 0.5) is 5.69 Å². The quantitative estimate of drug-likeness (QED) is 0.853. The van der Waals surface area contributed by atoms with Crippen molar-refractivity contribution in [1.29, 1.82) is 0 Å². The van der Waals surface area contributed by atoms with Crippen LogP contribution in [0, 0.1) is 18.8 Å². The van der Waals surface area contributed by atoms with Gasteiger partial charge in [-0.05, 0) is 42.9 Å². The summed E-state index contributed by atoms with van der Waals surface area (Å²) >= 11 is 5.93. The van der Waals surface area contributed by atoms with E-state index in [4.69, 9.17) is 17.3 Å². The molecule has 4 nitrogen and oxygen atoms in total. The number of nitrogen functional groups attached to an aromatic ring is 1. The van der Waals surface area contributed by atoms with E-state index in [0.29, 0.717) is 41.2 Å². The van der Waals surface area contributed by atoms with E-state index in [1.807, 2.05) is 0 Å². The first kappa shape index (κ1) is 15.6. The predicted molar refractivity (Wildman–Crippen MR) is 82.3 cm³/mol. The molecule has 0 aromatic heterocycles. The van der Waals surface area contributed by atoms with Gasteiger partial charge in [-0.25, -0.2) is 8.42 Å². The minimum atomic E-state index is -3.50. The summed E-state index contributed by atoms with van der Waals surface area (Å²) in [6.07, 6.45) is 1.06. The van der Waals surface area contributed by atoms with Gasteiger partial charge in [0, 0.05) is 13.1 Å². The van der Waals surface area contributed by atoms with E-state index in [1.165, 1.54) is 6.07 Å². The van der Waals surface area contributed by atoms with Crippen molar-refractivity contribution < 1.29 is 8.42 Å². The molecule has 0 amide bonds. The number of nitrogens with two attached hydrogens (primary N) is 1. The smallest absolute Gasteiger partial charge is 0.243 e. The summed E-state index contributed by atoms with van der Waals surface area (Å²) in [6.45, 7) is 7.04. The first-order valence-electron chi connectivity index (χ1n) is 6.77. The lowest BCUT2D eigenvalue weighted by Gasteiger charge is -2.34. The van der Waals surface area contributed by atoms with E-state index in [1.54, 1.807) is 17.3 Å². The number of piperidine rings is 1. The topological polar surface area (TPSA) is 63.4 Å². The Morgan fingerprint density at radius 1 is 1.25 bits per heavy atom. The second-order valence-electron chi connectivity index (χ2n) is 5.91. The van der Waals surface area contributed by atoms with Gasteiger partial charge >= 0.3 is 0 Å². The molecular formula is C14H21ClN2O2S. The molecule has 2 unspecified atom stereocenters. The Labute approximate surface area is 126 Å². The molecule has 1 aromatic rings. The predicted octanol–water partition coefficient (Wildman–Crippen LogP) is 2.90. The average molecular weight is 317 g/mol. The van der Waals surface area contributed by atoms with E-state index in [2.05, 4.69) is 13.8 Å². The lowest BCUT2D eigenvalue weighted by atomic mass is 9.94. The van der Waals surface area contributed by atoms with Gasteiger partial charge in [0.05, 0.1) is 15.6 Å². The van der Waals surface area contributed by atoms with Crippen LogP contribution in [0.3, 0.4) is 0 Å². The minimum absolute atomic E-state index is 0.265. The Morgan fingerprint density at radius 3 is 2.35 bits per heavy atom. The summed E-state index contributed by atoms with van der Waals surface area (Å²) in [5, 5.41) is 0.391. The Kier molecular flexibility index (Phi) is 4.33. The number of aryl methyl sites for hydroxylation is 1. The Bertz CT molecular complexity index is 606. The molecule has 6 heteroatoms. The van der Waals surface area contributed by atoms with Crippen molar-refractivity contribution in [3.8, 4) is 0 Å². The van der Waals surface area contributed by atoms with Crippen LogP contribution >= 0.6 is 11.6 Å². The van der Waals surface area contributed by atoms with Gasteiger partial charge < -0.3 is 5.73 Å². The van der Waals surface area contributed by atoms with Crippen molar-refractivity contribution >= 4 is 27.3 Å². The van der Waals surface area contributed by atoms with Gasteiger partial charge in [-0.2, -0.15) is 4.31 Å².